The minimum absolute atomic E-state index is 0.0222. The fourth-order valence-electron chi connectivity index (χ4n) is 7.57. The average molecular weight is 669 g/mol. The Labute approximate surface area is 284 Å². The van der Waals surface area contributed by atoms with Gasteiger partial charge >= 0.3 is 6.18 Å². The SMILES string of the molecule is CC(c1ccccc1)N1Cc2ccc(N3CCN(CCCC4(C(=O)NCC(F)(F)F)c5ccccc5Oc5ccccc54)CC3)cc2C1=O. The van der Waals surface area contributed by atoms with Gasteiger partial charge in [0.1, 0.15) is 23.5 Å². The number of hydrogen-bond acceptors (Lipinski definition) is 5. The third-order valence-corrected chi connectivity index (χ3v) is 10.2. The summed E-state index contributed by atoms with van der Waals surface area (Å²) in [6.45, 7) is 5.05. The summed E-state index contributed by atoms with van der Waals surface area (Å²) in [6, 6.07) is 30.5. The number of carbonyl (C=O) groups excluding carboxylic acids is 2. The first-order chi connectivity index (χ1) is 23.6. The van der Waals surface area contributed by atoms with E-state index < -0.39 is 24.0 Å². The van der Waals surface area contributed by atoms with Crippen LogP contribution in [0.5, 0.6) is 11.5 Å². The number of carbonyl (C=O) groups is 2. The molecule has 10 heteroatoms. The van der Waals surface area contributed by atoms with E-state index in [1.54, 1.807) is 48.5 Å². The smallest absolute Gasteiger partial charge is 0.405 e. The lowest BCUT2D eigenvalue weighted by molar-refractivity contribution is -0.141. The van der Waals surface area contributed by atoms with Crippen molar-refractivity contribution >= 4 is 17.5 Å². The van der Waals surface area contributed by atoms with Gasteiger partial charge in [-0.05, 0) is 61.7 Å². The first kappa shape index (κ1) is 32.7. The number of anilines is 1. The third-order valence-electron chi connectivity index (χ3n) is 10.2. The average Bonchev–Trinajstić information content (AvgIpc) is 3.45. The van der Waals surface area contributed by atoms with Crippen LogP contribution in [0, 0.1) is 0 Å². The van der Waals surface area contributed by atoms with Crippen LogP contribution < -0.4 is 15.0 Å². The molecule has 4 aromatic carbocycles. The van der Waals surface area contributed by atoms with Gasteiger partial charge in [-0.1, -0.05) is 72.8 Å². The molecular formula is C39H39F3N4O3. The molecule has 1 atom stereocenters. The molecule has 0 aromatic heterocycles. The van der Waals surface area contributed by atoms with E-state index in [0.29, 0.717) is 48.6 Å². The molecule has 0 saturated carbocycles. The van der Waals surface area contributed by atoms with E-state index in [1.807, 2.05) is 29.2 Å². The van der Waals surface area contributed by atoms with Gasteiger partial charge in [0.15, 0.2) is 0 Å². The quantitative estimate of drug-likeness (QED) is 0.207. The predicted molar refractivity (Wildman–Crippen MR) is 182 cm³/mol. The first-order valence-electron chi connectivity index (χ1n) is 16.8. The van der Waals surface area contributed by atoms with E-state index in [-0.39, 0.29) is 11.9 Å². The monoisotopic (exact) mass is 668 g/mol. The van der Waals surface area contributed by atoms with Gasteiger partial charge in [-0.15, -0.1) is 0 Å². The van der Waals surface area contributed by atoms with E-state index in [4.69, 9.17) is 4.74 Å². The Bertz CT molecular complexity index is 1790. The van der Waals surface area contributed by atoms with Crippen LogP contribution in [0.25, 0.3) is 0 Å². The molecule has 1 unspecified atom stereocenters. The van der Waals surface area contributed by atoms with Crippen LogP contribution >= 0.6 is 0 Å². The Morgan fingerprint density at radius 2 is 1.51 bits per heavy atom. The third kappa shape index (κ3) is 6.37. The zero-order valence-electron chi connectivity index (χ0n) is 27.4. The predicted octanol–water partition coefficient (Wildman–Crippen LogP) is 7.08. The highest BCUT2D eigenvalue weighted by atomic mass is 19.4. The highest BCUT2D eigenvalue weighted by Gasteiger charge is 2.48. The minimum Gasteiger partial charge on any atom is -0.457 e. The standard InChI is InChI=1S/C39H39F3N4O3/c1-27(28-10-3-2-4-11-28)46-25-29-16-17-30(24-31(29)36(46)47)45-22-20-44(21-23-45)19-9-18-38(37(48)43-26-39(40,41)42)32-12-5-7-14-34(32)49-35-15-8-6-13-33(35)38/h2-8,10-17,24,27H,9,18-23,25-26H2,1H3,(H,43,48). The lowest BCUT2D eigenvalue weighted by Gasteiger charge is -2.40. The lowest BCUT2D eigenvalue weighted by Crippen LogP contribution is -2.50. The highest BCUT2D eigenvalue weighted by molar-refractivity contribution is 5.99. The number of benzene rings is 4. The van der Waals surface area contributed by atoms with Crippen LogP contribution in [-0.2, 0) is 16.8 Å². The fourth-order valence-corrected chi connectivity index (χ4v) is 7.57. The number of fused-ring (bicyclic) bond motifs is 3. The molecule has 254 valence electrons. The molecule has 0 radical (unpaired) electrons. The van der Waals surface area contributed by atoms with Crippen molar-refractivity contribution in [2.75, 3.05) is 44.2 Å². The number of ether oxygens (including phenoxy) is 1. The van der Waals surface area contributed by atoms with Gasteiger partial charge in [0.25, 0.3) is 5.91 Å². The molecule has 2 amide bonds. The molecular weight excluding hydrogens is 629 g/mol. The summed E-state index contributed by atoms with van der Waals surface area (Å²) in [7, 11) is 0. The maximum absolute atomic E-state index is 13.9. The second-order valence-electron chi connectivity index (χ2n) is 13.1. The van der Waals surface area contributed by atoms with Gasteiger partial charge in [0.2, 0.25) is 5.91 Å². The van der Waals surface area contributed by atoms with E-state index in [9.17, 15) is 22.8 Å². The molecule has 3 aliphatic rings. The number of alkyl halides is 3. The van der Waals surface area contributed by atoms with Crippen molar-refractivity contribution in [3.8, 4) is 11.5 Å². The van der Waals surface area contributed by atoms with Gasteiger partial charge in [-0.3, -0.25) is 14.5 Å². The molecule has 0 spiro atoms. The summed E-state index contributed by atoms with van der Waals surface area (Å²) in [6.07, 6.45) is -3.63. The molecule has 1 saturated heterocycles. The van der Waals surface area contributed by atoms with Crippen molar-refractivity contribution in [3.63, 3.8) is 0 Å². The van der Waals surface area contributed by atoms with Crippen molar-refractivity contribution < 1.29 is 27.5 Å². The highest BCUT2D eigenvalue weighted by Crippen LogP contribution is 2.50. The van der Waals surface area contributed by atoms with Crippen LogP contribution in [0.3, 0.4) is 0 Å². The molecule has 0 aliphatic carbocycles. The van der Waals surface area contributed by atoms with Gasteiger partial charge in [-0.25, -0.2) is 0 Å². The molecule has 0 bridgehead atoms. The molecule has 1 N–H and O–H groups in total. The minimum atomic E-state index is -4.53. The second-order valence-corrected chi connectivity index (χ2v) is 13.1. The van der Waals surface area contributed by atoms with E-state index in [0.717, 1.165) is 48.6 Å². The first-order valence-corrected chi connectivity index (χ1v) is 16.8. The molecule has 49 heavy (non-hydrogen) atoms. The molecule has 3 aliphatic heterocycles. The van der Waals surface area contributed by atoms with Gasteiger partial charge in [0.05, 0.1) is 6.04 Å². The van der Waals surface area contributed by atoms with Gasteiger partial charge in [-0.2, -0.15) is 13.2 Å². The van der Waals surface area contributed by atoms with Gasteiger partial charge < -0.3 is 19.9 Å². The van der Waals surface area contributed by atoms with Crippen LogP contribution in [0.4, 0.5) is 18.9 Å². The van der Waals surface area contributed by atoms with Crippen molar-refractivity contribution in [1.29, 1.82) is 0 Å². The summed E-state index contributed by atoms with van der Waals surface area (Å²) in [5, 5.41) is 2.20. The number of nitrogens with one attached hydrogen (secondary N) is 1. The summed E-state index contributed by atoms with van der Waals surface area (Å²) in [4.78, 5) is 33.9. The van der Waals surface area contributed by atoms with Crippen LogP contribution in [-0.4, -0.2) is 67.1 Å². The Morgan fingerprint density at radius 1 is 0.878 bits per heavy atom. The number of para-hydroxylation sites is 2. The molecule has 3 heterocycles. The Hall–Kier alpha value is -4.83. The molecule has 1 fully saturated rings. The fraction of sp³-hybridized carbons (Fsp3) is 0.333. The van der Waals surface area contributed by atoms with Crippen LogP contribution in [0.15, 0.2) is 97.1 Å². The summed E-state index contributed by atoms with van der Waals surface area (Å²) in [5.41, 5.74) is 3.74. The Kier molecular flexibility index (Phi) is 8.83. The number of hydrogen-bond donors (Lipinski definition) is 1. The molecule has 7 rings (SSSR count). The maximum Gasteiger partial charge on any atom is 0.405 e. The number of rotatable bonds is 9. The normalized spacial score (nSPS) is 17.5. The molecule has 7 nitrogen and oxygen atoms in total. The van der Waals surface area contributed by atoms with Crippen molar-refractivity contribution in [3.05, 3.63) is 125 Å². The number of amides is 2. The van der Waals surface area contributed by atoms with Crippen molar-refractivity contribution in [2.24, 2.45) is 0 Å². The molecule has 4 aromatic rings. The largest absolute Gasteiger partial charge is 0.457 e. The zero-order chi connectivity index (χ0) is 34.2. The summed E-state index contributed by atoms with van der Waals surface area (Å²) in [5.74, 6) is 0.321. The zero-order valence-corrected chi connectivity index (χ0v) is 27.4. The van der Waals surface area contributed by atoms with E-state index in [1.165, 1.54) is 0 Å². The van der Waals surface area contributed by atoms with Crippen LogP contribution in [0.2, 0.25) is 0 Å². The van der Waals surface area contributed by atoms with E-state index >= 15 is 0 Å². The summed E-state index contributed by atoms with van der Waals surface area (Å²) >= 11 is 0. The Balaban J connectivity index is 1.02. The maximum atomic E-state index is 13.9. The van der Waals surface area contributed by atoms with Crippen molar-refractivity contribution in [2.45, 2.75) is 43.9 Å². The summed E-state index contributed by atoms with van der Waals surface area (Å²) < 4.78 is 45.9. The number of piperazine rings is 1. The second kappa shape index (κ2) is 13.2. The number of halogens is 3. The van der Waals surface area contributed by atoms with Gasteiger partial charge in [0, 0.05) is 55.1 Å². The Morgan fingerprint density at radius 3 is 2.16 bits per heavy atom. The topological polar surface area (TPSA) is 65.1 Å². The van der Waals surface area contributed by atoms with Crippen molar-refractivity contribution in [1.82, 2.24) is 15.1 Å². The van der Waals surface area contributed by atoms with Crippen LogP contribution in [0.1, 0.15) is 58.4 Å². The number of nitrogens with zero attached hydrogens (tertiary/aromatic N) is 3. The van der Waals surface area contributed by atoms with E-state index in [2.05, 4.69) is 46.3 Å². The lowest BCUT2D eigenvalue weighted by atomic mass is 9.68.